The number of benzene rings is 3. The van der Waals surface area contributed by atoms with Gasteiger partial charge in [0, 0.05) is 38.0 Å². The van der Waals surface area contributed by atoms with Crippen molar-refractivity contribution in [1.82, 2.24) is 4.98 Å². The number of hydrogen-bond acceptors (Lipinski definition) is 4. The normalized spacial score (nSPS) is 12.0. The molecule has 0 aliphatic rings. The number of ketones is 1. The average molecular weight is 705 g/mol. The summed E-state index contributed by atoms with van der Waals surface area (Å²) in [6, 6.07) is 21.8. The first-order chi connectivity index (χ1) is 18.1. The van der Waals surface area contributed by atoms with Gasteiger partial charge in [0.15, 0.2) is 11.7 Å². The molecule has 1 aromatic heterocycles. The fraction of sp³-hybridized carbons (Fsp3) is 0.412. The minimum absolute atomic E-state index is 0. The third kappa shape index (κ3) is 8.13. The molecule has 5 heteroatoms. The second-order valence-corrected chi connectivity index (χ2v) is 10.9. The number of nitrogens with zero attached hydrogens (tertiary/aromatic N) is 1. The van der Waals surface area contributed by atoms with E-state index in [0.717, 1.165) is 47.7 Å². The van der Waals surface area contributed by atoms with Crippen molar-refractivity contribution in [2.45, 2.75) is 79.6 Å². The smallest absolute Gasteiger partial charge is 0.162 e. The Morgan fingerprint density at radius 1 is 0.949 bits per heavy atom. The van der Waals surface area contributed by atoms with Crippen LogP contribution in [0.1, 0.15) is 79.7 Å². The van der Waals surface area contributed by atoms with E-state index in [1.54, 1.807) is 0 Å². The third-order valence-electron chi connectivity index (χ3n) is 7.19. The first-order valence-corrected chi connectivity index (χ1v) is 13.9. The molecule has 4 rings (SSSR count). The van der Waals surface area contributed by atoms with Crippen LogP contribution in [-0.2, 0) is 30.3 Å². The van der Waals surface area contributed by atoms with Crippen LogP contribution in [0.15, 0.2) is 70.8 Å². The Labute approximate surface area is 247 Å². The molecule has 0 bridgehead atoms. The topological polar surface area (TPSA) is 63.3 Å². The van der Waals surface area contributed by atoms with Crippen molar-refractivity contribution in [3.8, 4) is 11.5 Å². The number of allylic oxidation sites excluding steroid dienone is 2. The van der Waals surface area contributed by atoms with Gasteiger partial charge >= 0.3 is 0 Å². The zero-order valence-electron chi connectivity index (χ0n) is 24.3. The molecule has 0 aliphatic carbocycles. The van der Waals surface area contributed by atoms with Crippen molar-refractivity contribution in [2.75, 3.05) is 0 Å². The van der Waals surface area contributed by atoms with Gasteiger partial charge in [0.05, 0.1) is 11.3 Å². The van der Waals surface area contributed by atoms with E-state index in [0.29, 0.717) is 5.89 Å². The minimum atomic E-state index is 0. The summed E-state index contributed by atoms with van der Waals surface area (Å²) >= 11 is 0. The van der Waals surface area contributed by atoms with Crippen LogP contribution in [0, 0.1) is 17.9 Å². The van der Waals surface area contributed by atoms with E-state index in [-0.39, 0.29) is 48.9 Å². The predicted molar refractivity (Wildman–Crippen MR) is 158 cm³/mol. The number of aliphatic hydroxyl groups excluding tert-OH is 1. The number of carbonyl (C=O) groups excluding carboxylic acids is 1. The Morgan fingerprint density at radius 2 is 1.54 bits per heavy atom. The van der Waals surface area contributed by atoms with Crippen molar-refractivity contribution >= 4 is 27.7 Å². The summed E-state index contributed by atoms with van der Waals surface area (Å²) in [4.78, 5) is 16.3. The zero-order valence-corrected chi connectivity index (χ0v) is 26.7. The van der Waals surface area contributed by atoms with Crippen molar-refractivity contribution in [3.63, 3.8) is 0 Å². The fourth-order valence-electron chi connectivity index (χ4n) is 4.73. The zero-order chi connectivity index (χ0) is 27.9. The van der Waals surface area contributed by atoms with E-state index >= 15 is 0 Å². The number of fused-ring (bicyclic) bond motifs is 2. The van der Waals surface area contributed by atoms with Gasteiger partial charge < -0.3 is 9.52 Å². The standard InChI is InChI=1S/C21H18NO.C13H24O2.Ir/c1-21(2,3)17-13-15(12-14-8-4-5-9-16(14)17)20-22-18-10-6-7-11-19(18)23-20;1-5-10(6-2)12(14)9-13(15)11(7-3)8-4;/h4-11,13H,1-3H3;9-11,14H,5-8H2,1-4H3;/q-1;;/b;12-9-;. The number of aliphatic hydroxyl groups is 1. The maximum Gasteiger partial charge on any atom is 0.162 e. The molecule has 3 aromatic carbocycles. The summed E-state index contributed by atoms with van der Waals surface area (Å²) in [5, 5.41) is 12.1. The van der Waals surface area contributed by atoms with Crippen LogP contribution in [0.4, 0.5) is 0 Å². The summed E-state index contributed by atoms with van der Waals surface area (Å²) in [5.41, 5.74) is 3.91. The molecule has 0 unspecified atom stereocenters. The van der Waals surface area contributed by atoms with Crippen LogP contribution >= 0.6 is 0 Å². The Morgan fingerprint density at radius 3 is 2.13 bits per heavy atom. The molecule has 4 aromatic rings. The molecule has 211 valence electrons. The predicted octanol–water partition coefficient (Wildman–Crippen LogP) is 9.61. The number of oxazole rings is 1. The van der Waals surface area contributed by atoms with Gasteiger partial charge in [-0.15, -0.1) is 29.1 Å². The van der Waals surface area contributed by atoms with Crippen molar-refractivity contribution < 1.29 is 34.4 Å². The largest absolute Gasteiger partial charge is 0.512 e. The van der Waals surface area contributed by atoms with Crippen LogP contribution in [0.3, 0.4) is 0 Å². The van der Waals surface area contributed by atoms with Crippen LogP contribution < -0.4 is 0 Å². The van der Waals surface area contributed by atoms with Crippen molar-refractivity contribution in [2.24, 2.45) is 11.8 Å². The molecule has 0 fully saturated rings. The monoisotopic (exact) mass is 705 g/mol. The first kappa shape index (κ1) is 32.5. The molecular formula is C34H42IrNO3-. The number of rotatable bonds is 8. The number of hydrogen-bond donors (Lipinski definition) is 1. The van der Waals surface area contributed by atoms with Gasteiger partial charge in [0.25, 0.3) is 0 Å². The second-order valence-electron chi connectivity index (χ2n) is 10.9. The number of para-hydroxylation sites is 2. The molecule has 4 nitrogen and oxygen atoms in total. The molecule has 1 radical (unpaired) electrons. The molecule has 0 saturated heterocycles. The summed E-state index contributed by atoms with van der Waals surface area (Å²) < 4.78 is 5.93. The van der Waals surface area contributed by atoms with Crippen LogP contribution in [-0.4, -0.2) is 15.9 Å². The molecule has 0 saturated carbocycles. The van der Waals surface area contributed by atoms with Crippen molar-refractivity contribution in [3.05, 3.63) is 78.1 Å². The van der Waals surface area contributed by atoms with Gasteiger partial charge in [-0.3, -0.25) is 4.79 Å². The molecule has 0 aliphatic heterocycles. The van der Waals surface area contributed by atoms with Gasteiger partial charge in [-0.05, 0) is 43.2 Å². The molecule has 1 N–H and O–H groups in total. The van der Waals surface area contributed by atoms with E-state index in [2.05, 4.69) is 56.1 Å². The summed E-state index contributed by atoms with van der Waals surface area (Å²) in [7, 11) is 0. The van der Waals surface area contributed by atoms with E-state index in [9.17, 15) is 9.90 Å². The quantitative estimate of drug-likeness (QED) is 0.113. The van der Waals surface area contributed by atoms with E-state index in [1.807, 2.05) is 58.0 Å². The van der Waals surface area contributed by atoms with Gasteiger partial charge in [0.1, 0.15) is 5.58 Å². The molecule has 0 amide bonds. The summed E-state index contributed by atoms with van der Waals surface area (Å²) in [6.45, 7) is 14.8. The van der Waals surface area contributed by atoms with Crippen LogP contribution in [0.25, 0.3) is 33.3 Å². The Bertz CT molecular complexity index is 1360. The van der Waals surface area contributed by atoms with Gasteiger partial charge in [-0.2, -0.15) is 0 Å². The molecule has 0 spiro atoms. The van der Waals surface area contributed by atoms with Gasteiger partial charge in [-0.25, -0.2) is 4.98 Å². The van der Waals surface area contributed by atoms with E-state index < -0.39 is 0 Å². The molecular weight excluding hydrogens is 663 g/mol. The summed E-state index contributed by atoms with van der Waals surface area (Å²) in [5.74, 6) is 1.17. The van der Waals surface area contributed by atoms with E-state index in [1.165, 1.54) is 17.0 Å². The molecule has 1 heterocycles. The Kier molecular flexibility index (Phi) is 12.1. The maximum atomic E-state index is 11.7. The van der Waals surface area contributed by atoms with E-state index in [4.69, 9.17) is 4.42 Å². The van der Waals surface area contributed by atoms with Gasteiger partial charge in [-0.1, -0.05) is 89.7 Å². The summed E-state index contributed by atoms with van der Waals surface area (Å²) in [6.07, 6.45) is 4.91. The maximum absolute atomic E-state index is 11.7. The molecule has 39 heavy (non-hydrogen) atoms. The SMILES string of the molecule is CC(C)(C)c1cc(-c2nc3ccccc3o2)[c-]c2ccccc12.CCC(CC)C(=O)/C=C(\O)C(CC)CC.[Ir]. The number of carbonyl (C=O) groups is 1. The van der Waals surface area contributed by atoms with Crippen LogP contribution in [0.2, 0.25) is 0 Å². The van der Waals surface area contributed by atoms with Gasteiger partial charge in [0.2, 0.25) is 0 Å². The Hall–Kier alpha value is -2.75. The minimum Gasteiger partial charge on any atom is -0.512 e. The molecule has 0 atom stereocenters. The third-order valence-corrected chi connectivity index (χ3v) is 7.19. The first-order valence-electron chi connectivity index (χ1n) is 13.9. The Balaban J connectivity index is 0.000000294. The van der Waals surface area contributed by atoms with Crippen molar-refractivity contribution in [1.29, 1.82) is 0 Å². The van der Waals surface area contributed by atoms with Crippen LogP contribution in [0.5, 0.6) is 0 Å². The fourth-order valence-corrected chi connectivity index (χ4v) is 4.73. The second kappa shape index (κ2) is 14.6. The average Bonchev–Trinajstić information content (AvgIpc) is 3.34. The number of aromatic nitrogens is 1.